The first-order chi connectivity index (χ1) is 12.5. The van der Waals surface area contributed by atoms with E-state index in [1.54, 1.807) is 17.5 Å². The van der Waals surface area contributed by atoms with E-state index in [1.165, 1.54) is 4.88 Å². The fourth-order valence-electron chi connectivity index (χ4n) is 2.84. The standard InChI is InChI=1S/C19H25N5OS/c1-12(2)24-18-15(11-22-24)14(19(25)21-9-5-8-20-4)10-16(23-18)17-7-6-13(3)26-17/h6-7,10-12,20H,5,8-9H2,1-4H3,(H,21,25). The molecule has 138 valence electrons. The van der Waals surface area contributed by atoms with Crippen LogP contribution in [0.3, 0.4) is 0 Å². The molecular weight excluding hydrogens is 346 g/mol. The minimum absolute atomic E-state index is 0.0775. The van der Waals surface area contributed by atoms with E-state index in [1.807, 2.05) is 17.8 Å². The molecule has 0 fully saturated rings. The summed E-state index contributed by atoms with van der Waals surface area (Å²) in [5, 5.41) is 11.3. The maximum absolute atomic E-state index is 12.8. The highest BCUT2D eigenvalue weighted by Crippen LogP contribution is 2.30. The number of amides is 1. The quantitative estimate of drug-likeness (QED) is 0.625. The van der Waals surface area contributed by atoms with Gasteiger partial charge in [0.1, 0.15) is 0 Å². The summed E-state index contributed by atoms with van der Waals surface area (Å²) in [6.07, 6.45) is 2.63. The van der Waals surface area contributed by atoms with Gasteiger partial charge in [-0.25, -0.2) is 9.67 Å². The molecule has 0 aliphatic rings. The first-order valence-electron chi connectivity index (χ1n) is 8.89. The minimum Gasteiger partial charge on any atom is -0.352 e. The number of aromatic nitrogens is 3. The van der Waals surface area contributed by atoms with Gasteiger partial charge in [-0.1, -0.05) is 0 Å². The average molecular weight is 372 g/mol. The largest absolute Gasteiger partial charge is 0.352 e. The van der Waals surface area contributed by atoms with Gasteiger partial charge in [0.15, 0.2) is 5.65 Å². The van der Waals surface area contributed by atoms with Crippen LogP contribution in [-0.4, -0.2) is 40.8 Å². The molecule has 2 N–H and O–H groups in total. The van der Waals surface area contributed by atoms with E-state index < -0.39 is 0 Å². The number of nitrogens with zero attached hydrogens (tertiary/aromatic N) is 3. The summed E-state index contributed by atoms with van der Waals surface area (Å²) in [4.78, 5) is 19.9. The fraction of sp³-hybridized carbons (Fsp3) is 0.421. The summed E-state index contributed by atoms with van der Waals surface area (Å²) in [5.74, 6) is -0.0775. The van der Waals surface area contributed by atoms with E-state index in [0.29, 0.717) is 12.1 Å². The lowest BCUT2D eigenvalue weighted by atomic mass is 10.1. The monoisotopic (exact) mass is 371 g/mol. The normalized spacial score (nSPS) is 11.4. The summed E-state index contributed by atoms with van der Waals surface area (Å²) in [7, 11) is 1.91. The predicted molar refractivity (Wildman–Crippen MR) is 107 cm³/mol. The van der Waals surface area contributed by atoms with Crippen molar-refractivity contribution >= 4 is 28.3 Å². The second-order valence-electron chi connectivity index (χ2n) is 6.60. The Bertz CT molecular complexity index is 912. The van der Waals surface area contributed by atoms with Crippen LogP contribution in [0.1, 0.15) is 41.5 Å². The van der Waals surface area contributed by atoms with Gasteiger partial charge in [0.25, 0.3) is 5.91 Å². The van der Waals surface area contributed by atoms with Gasteiger partial charge in [-0.2, -0.15) is 5.10 Å². The van der Waals surface area contributed by atoms with Gasteiger partial charge < -0.3 is 10.6 Å². The van der Waals surface area contributed by atoms with Gasteiger partial charge in [-0.05, 0) is 59.0 Å². The lowest BCUT2D eigenvalue weighted by Crippen LogP contribution is -2.26. The van der Waals surface area contributed by atoms with Crippen molar-refractivity contribution in [3.8, 4) is 10.6 Å². The number of carbonyl (C=O) groups excluding carboxylic acids is 1. The number of hydrogen-bond acceptors (Lipinski definition) is 5. The first-order valence-corrected chi connectivity index (χ1v) is 9.70. The Hall–Kier alpha value is -2.25. The minimum atomic E-state index is -0.0775. The van der Waals surface area contributed by atoms with E-state index in [-0.39, 0.29) is 11.9 Å². The van der Waals surface area contributed by atoms with Crippen molar-refractivity contribution in [1.82, 2.24) is 25.4 Å². The summed E-state index contributed by atoms with van der Waals surface area (Å²) in [6.45, 7) is 7.70. The molecule has 0 radical (unpaired) electrons. The zero-order chi connectivity index (χ0) is 18.7. The Morgan fingerprint density at radius 1 is 1.31 bits per heavy atom. The average Bonchev–Trinajstić information content (AvgIpc) is 3.23. The topological polar surface area (TPSA) is 71.8 Å². The van der Waals surface area contributed by atoms with Crippen LogP contribution in [0, 0.1) is 6.92 Å². The summed E-state index contributed by atoms with van der Waals surface area (Å²) >= 11 is 1.68. The highest BCUT2D eigenvalue weighted by molar-refractivity contribution is 7.15. The van der Waals surface area contributed by atoms with E-state index in [9.17, 15) is 4.79 Å². The molecule has 3 heterocycles. The Morgan fingerprint density at radius 3 is 2.77 bits per heavy atom. The molecule has 0 saturated carbocycles. The molecule has 1 amide bonds. The Balaban J connectivity index is 2.04. The van der Waals surface area contributed by atoms with Crippen LogP contribution in [-0.2, 0) is 0 Å². The van der Waals surface area contributed by atoms with Gasteiger partial charge in [-0.15, -0.1) is 11.3 Å². The first kappa shape index (κ1) is 18.5. The number of carbonyl (C=O) groups is 1. The smallest absolute Gasteiger partial charge is 0.252 e. The van der Waals surface area contributed by atoms with Crippen LogP contribution in [0.25, 0.3) is 21.6 Å². The number of rotatable bonds is 7. The molecule has 0 spiro atoms. The van der Waals surface area contributed by atoms with Gasteiger partial charge in [-0.3, -0.25) is 4.79 Å². The predicted octanol–water partition coefficient (Wildman–Crippen LogP) is 3.39. The number of nitrogens with one attached hydrogen (secondary N) is 2. The van der Waals surface area contributed by atoms with Crippen molar-refractivity contribution in [2.45, 2.75) is 33.2 Å². The third-order valence-corrected chi connectivity index (χ3v) is 5.21. The SMILES string of the molecule is CNCCCNC(=O)c1cc(-c2ccc(C)s2)nc2c1cnn2C(C)C. The van der Waals surface area contributed by atoms with E-state index >= 15 is 0 Å². The van der Waals surface area contributed by atoms with Gasteiger partial charge in [0.2, 0.25) is 0 Å². The number of pyridine rings is 1. The van der Waals surface area contributed by atoms with Gasteiger partial charge in [0, 0.05) is 17.5 Å². The lowest BCUT2D eigenvalue weighted by molar-refractivity contribution is 0.0955. The Morgan fingerprint density at radius 2 is 2.12 bits per heavy atom. The van der Waals surface area contributed by atoms with E-state index in [0.717, 1.165) is 34.6 Å². The maximum atomic E-state index is 12.8. The Labute approximate surface area is 157 Å². The summed E-state index contributed by atoms with van der Waals surface area (Å²) in [6, 6.07) is 6.18. The number of thiophene rings is 1. The van der Waals surface area contributed by atoms with Crippen LogP contribution in [0.4, 0.5) is 0 Å². The van der Waals surface area contributed by atoms with Crippen molar-refractivity contribution in [1.29, 1.82) is 0 Å². The zero-order valence-electron chi connectivity index (χ0n) is 15.7. The highest BCUT2D eigenvalue weighted by Gasteiger charge is 2.18. The number of fused-ring (bicyclic) bond motifs is 1. The zero-order valence-corrected chi connectivity index (χ0v) is 16.5. The van der Waals surface area contributed by atoms with E-state index in [2.05, 4.69) is 48.6 Å². The molecule has 0 atom stereocenters. The van der Waals surface area contributed by atoms with Crippen LogP contribution in [0.2, 0.25) is 0 Å². The number of hydrogen-bond donors (Lipinski definition) is 2. The maximum Gasteiger partial charge on any atom is 0.252 e. The molecular formula is C19H25N5OS. The van der Waals surface area contributed by atoms with Crippen molar-refractivity contribution < 1.29 is 4.79 Å². The Kier molecular flexibility index (Phi) is 5.68. The van der Waals surface area contributed by atoms with Crippen molar-refractivity contribution in [3.63, 3.8) is 0 Å². The molecule has 3 aromatic rings. The summed E-state index contributed by atoms with van der Waals surface area (Å²) < 4.78 is 1.87. The lowest BCUT2D eigenvalue weighted by Gasteiger charge is -2.10. The molecule has 0 aliphatic carbocycles. The highest BCUT2D eigenvalue weighted by atomic mass is 32.1. The number of aryl methyl sites for hydroxylation is 1. The van der Waals surface area contributed by atoms with Crippen LogP contribution in [0.5, 0.6) is 0 Å². The van der Waals surface area contributed by atoms with Gasteiger partial charge in [0.05, 0.1) is 27.7 Å². The van der Waals surface area contributed by atoms with Crippen LogP contribution in [0.15, 0.2) is 24.4 Å². The molecule has 26 heavy (non-hydrogen) atoms. The van der Waals surface area contributed by atoms with Crippen molar-refractivity contribution in [2.75, 3.05) is 20.1 Å². The molecule has 0 saturated heterocycles. The molecule has 0 aromatic carbocycles. The van der Waals surface area contributed by atoms with E-state index in [4.69, 9.17) is 4.98 Å². The van der Waals surface area contributed by atoms with Crippen molar-refractivity contribution in [3.05, 3.63) is 34.8 Å². The molecule has 3 aromatic heterocycles. The van der Waals surface area contributed by atoms with Crippen molar-refractivity contribution in [2.24, 2.45) is 0 Å². The van der Waals surface area contributed by atoms with Gasteiger partial charge >= 0.3 is 0 Å². The molecule has 6 nitrogen and oxygen atoms in total. The molecule has 0 bridgehead atoms. The second kappa shape index (κ2) is 7.97. The van der Waals surface area contributed by atoms with Crippen LogP contribution < -0.4 is 10.6 Å². The molecule has 0 unspecified atom stereocenters. The third-order valence-electron chi connectivity index (χ3n) is 4.18. The summed E-state index contributed by atoms with van der Waals surface area (Å²) in [5.41, 5.74) is 2.20. The molecule has 0 aliphatic heterocycles. The van der Waals surface area contributed by atoms with Crippen LogP contribution >= 0.6 is 11.3 Å². The molecule has 7 heteroatoms. The molecule has 3 rings (SSSR count). The fourth-order valence-corrected chi connectivity index (χ4v) is 3.67. The third kappa shape index (κ3) is 3.78. The second-order valence-corrected chi connectivity index (χ2v) is 7.89.